The first-order valence-electron chi connectivity index (χ1n) is 13.9. The summed E-state index contributed by atoms with van der Waals surface area (Å²) in [5, 5.41) is 10.5. The van der Waals surface area contributed by atoms with Crippen LogP contribution in [0.25, 0.3) is 0 Å². The highest BCUT2D eigenvalue weighted by molar-refractivity contribution is 8.02. The number of hydrogen-bond acceptors (Lipinski definition) is 5. The molecule has 0 aliphatic carbocycles. The van der Waals surface area contributed by atoms with E-state index >= 15 is 0 Å². The monoisotopic (exact) mass is 557 g/mol. The molecule has 0 aromatic heterocycles. The molecule has 3 amide bonds. The Morgan fingerprint density at radius 2 is 1.77 bits per heavy atom. The molecule has 6 rings (SSSR count). The second kappa shape index (κ2) is 10.2. The number of likely N-dealkylation sites (tertiary alicyclic amines) is 1. The number of carbonyl (C=O) groups excluding carboxylic acids is 3. The first-order valence-corrected chi connectivity index (χ1v) is 14.8. The second-order valence-corrected chi connectivity index (χ2v) is 12.9. The van der Waals surface area contributed by atoms with Gasteiger partial charge in [-0.05, 0) is 43.0 Å². The van der Waals surface area contributed by atoms with Gasteiger partial charge >= 0.3 is 0 Å². The summed E-state index contributed by atoms with van der Waals surface area (Å²) in [5.74, 6) is -1.74. The number of hydrogen-bond donors (Lipinski definition) is 1. The number of aliphatic hydroxyl groups excluding tert-OH is 1. The number of benzene rings is 2. The van der Waals surface area contributed by atoms with E-state index in [4.69, 9.17) is 0 Å². The molecule has 4 heterocycles. The Bertz CT molecular complexity index is 1410. The number of nitrogens with zero attached hydrogens (tertiary/aromatic N) is 3. The maximum Gasteiger partial charge on any atom is 0.251 e. The van der Waals surface area contributed by atoms with E-state index < -0.39 is 28.7 Å². The Labute approximate surface area is 239 Å². The Kier molecular flexibility index (Phi) is 6.87. The number of aryl methyl sites for hydroxylation is 2. The lowest BCUT2D eigenvalue weighted by Crippen LogP contribution is -2.57. The topological polar surface area (TPSA) is 81.2 Å². The van der Waals surface area contributed by atoms with Crippen molar-refractivity contribution in [3.8, 4) is 0 Å². The Morgan fingerprint density at radius 1 is 1.00 bits per heavy atom. The molecule has 4 aliphatic rings. The quantitative estimate of drug-likeness (QED) is 0.572. The number of amides is 3. The summed E-state index contributed by atoms with van der Waals surface area (Å²) in [6.07, 6.45) is 8.46. The second-order valence-electron chi connectivity index (χ2n) is 11.4. The van der Waals surface area contributed by atoms with Crippen molar-refractivity contribution in [1.82, 2.24) is 9.80 Å². The van der Waals surface area contributed by atoms with E-state index in [1.807, 2.05) is 86.7 Å². The van der Waals surface area contributed by atoms with Gasteiger partial charge in [-0.2, -0.15) is 0 Å². The molecule has 4 aliphatic heterocycles. The van der Waals surface area contributed by atoms with Gasteiger partial charge in [-0.25, -0.2) is 0 Å². The van der Waals surface area contributed by atoms with Crippen LogP contribution >= 0.6 is 11.8 Å². The van der Waals surface area contributed by atoms with Crippen molar-refractivity contribution in [3.05, 3.63) is 89.5 Å². The zero-order valence-electron chi connectivity index (χ0n) is 23.1. The third-order valence-electron chi connectivity index (χ3n) is 8.87. The summed E-state index contributed by atoms with van der Waals surface area (Å²) in [6, 6.07) is 14.3. The Hall–Kier alpha value is -3.36. The van der Waals surface area contributed by atoms with Crippen LogP contribution in [0.4, 0.5) is 5.69 Å². The van der Waals surface area contributed by atoms with Crippen LogP contribution in [0.15, 0.2) is 72.8 Å². The van der Waals surface area contributed by atoms with Gasteiger partial charge in [0.2, 0.25) is 11.8 Å². The molecule has 1 spiro atoms. The van der Waals surface area contributed by atoms with Gasteiger partial charge in [-0.3, -0.25) is 14.4 Å². The number of aliphatic hydroxyl groups is 1. The van der Waals surface area contributed by atoms with Crippen molar-refractivity contribution >= 4 is 35.2 Å². The minimum Gasteiger partial charge on any atom is -0.394 e. The molecule has 1 N–H and O–H groups in total. The molecule has 1 unspecified atom stereocenters. The fourth-order valence-corrected chi connectivity index (χ4v) is 8.95. The molecule has 7 nitrogen and oxygen atoms in total. The van der Waals surface area contributed by atoms with Gasteiger partial charge in [0.25, 0.3) is 5.91 Å². The highest BCUT2D eigenvalue weighted by Crippen LogP contribution is 2.61. The van der Waals surface area contributed by atoms with E-state index in [-0.39, 0.29) is 29.6 Å². The van der Waals surface area contributed by atoms with Crippen molar-refractivity contribution in [2.24, 2.45) is 11.8 Å². The first-order chi connectivity index (χ1) is 19.3. The van der Waals surface area contributed by atoms with E-state index in [9.17, 15) is 19.5 Å². The SMILES string of the molecule is Cc1ccc(C)c(N2CC=C[C@]34S[C@@H]5C=CCN(C)C(=O)[C@@H]5[C@H]3C(=O)N([C@@H](CO)Cc3ccccc3)C4C2=O)c1. The molecule has 2 fully saturated rings. The minimum absolute atomic E-state index is 0.0709. The minimum atomic E-state index is -0.918. The van der Waals surface area contributed by atoms with Crippen molar-refractivity contribution in [3.63, 3.8) is 0 Å². The number of anilines is 1. The van der Waals surface area contributed by atoms with Crippen LogP contribution in [-0.4, -0.2) is 81.5 Å². The number of likely N-dealkylation sites (N-methyl/N-ethyl adjacent to an activating group) is 1. The van der Waals surface area contributed by atoms with Crippen LogP contribution in [0.2, 0.25) is 0 Å². The lowest BCUT2D eigenvalue weighted by atomic mass is 9.78. The summed E-state index contributed by atoms with van der Waals surface area (Å²) in [6.45, 7) is 4.57. The van der Waals surface area contributed by atoms with Gasteiger partial charge in [0.1, 0.15) is 6.04 Å². The van der Waals surface area contributed by atoms with Crippen LogP contribution in [0.3, 0.4) is 0 Å². The lowest BCUT2D eigenvalue weighted by molar-refractivity contribution is -0.144. The maximum atomic E-state index is 14.8. The smallest absolute Gasteiger partial charge is 0.251 e. The number of fused-ring (bicyclic) bond motifs is 2. The molecule has 0 radical (unpaired) electrons. The van der Waals surface area contributed by atoms with Crippen LogP contribution in [-0.2, 0) is 20.8 Å². The highest BCUT2D eigenvalue weighted by Gasteiger charge is 2.71. The Morgan fingerprint density at radius 3 is 2.52 bits per heavy atom. The normalized spacial score (nSPS) is 30.2. The van der Waals surface area contributed by atoms with E-state index in [1.54, 1.807) is 33.5 Å². The maximum absolute atomic E-state index is 14.8. The lowest BCUT2D eigenvalue weighted by Gasteiger charge is -2.38. The average molecular weight is 558 g/mol. The summed E-state index contributed by atoms with van der Waals surface area (Å²) in [4.78, 5) is 48.1. The highest BCUT2D eigenvalue weighted by atomic mass is 32.2. The predicted octanol–water partition coefficient (Wildman–Crippen LogP) is 3.14. The van der Waals surface area contributed by atoms with E-state index in [2.05, 4.69) is 0 Å². The molecule has 8 heteroatoms. The molecule has 0 bridgehead atoms. The summed E-state index contributed by atoms with van der Waals surface area (Å²) in [7, 11) is 1.77. The van der Waals surface area contributed by atoms with Gasteiger partial charge in [-0.15, -0.1) is 11.8 Å². The summed E-state index contributed by atoms with van der Waals surface area (Å²) in [5.41, 5.74) is 3.81. The molecule has 6 atom stereocenters. The molecule has 208 valence electrons. The summed E-state index contributed by atoms with van der Waals surface area (Å²) < 4.78 is -0.918. The van der Waals surface area contributed by atoms with E-state index in [0.717, 1.165) is 22.4 Å². The Balaban J connectivity index is 1.50. The molecule has 2 saturated heterocycles. The van der Waals surface area contributed by atoms with Crippen molar-refractivity contribution < 1.29 is 19.5 Å². The van der Waals surface area contributed by atoms with Gasteiger partial charge in [0.05, 0.1) is 29.2 Å². The van der Waals surface area contributed by atoms with E-state index in [1.165, 1.54) is 0 Å². The molecule has 2 aromatic rings. The zero-order chi connectivity index (χ0) is 28.2. The first kappa shape index (κ1) is 26.8. The van der Waals surface area contributed by atoms with Gasteiger partial charge in [0.15, 0.2) is 0 Å². The van der Waals surface area contributed by atoms with E-state index in [0.29, 0.717) is 19.5 Å². The average Bonchev–Trinajstić information content (AvgIpc) is 3.28. The van der Waals surface area contributed by atoms with Crippen molar-refractivity contribution in [1.29, 1.82) is 0 Å². The number of carbonyl (C=O) groups is 3. The number of thioether (sulfide) groups is 1. The number of rotatable bonds is 5. The van der Waals surface area contributed by atoms with Crippen molar-refractivity contribution in [2.75, 3.05) is 31.6 Å². The standard InChI is InChI=1S/C32H35N3O4S/c1-20-12-13-21(2)24(17-20)34-16-8-14-32-27(26-25(40-32)11-7-15-33(3)29(26)37)30(38)35(28(32)31(34)39)23(19-36)18-22-9-5-4-6-10-22/h4-14,17,23,25-28,36H,15-16,18-19H2,1-3H3/t23-,25-,26+,27+,28?,32+/m1/s1. The molecule has 0 saturated carbocycles. The predicted molar refractivity (Wildman–Crippen MR) is 157 cm³/mol. The molecular weight excluding hydrogens is 522 g/mol. The fourth-order valence-electron chi connectivity index (χ4n) is 6.96. The molecule has 2 aromatic carbocycles. The molecular formula is C32H35N3O4S. The van der Waals surface area contributed by atoms with Crippen LogP contribution in [0.1, 0.15) is 16.7 Å². The van der Waals surface area contributed by atoms with Gasteiger partial charge in [-0.1, -0.05) is 66.8 Å². The summed E-state index contributed by atoms with van der Waals surface area (Å²) >= 11 is 1.57. The largest absolute Gasteiger partial charge is 0.394 e. The van der Waals surface area contributed by atoms with Crippen LogP contribution < -0.4 is 4.90 Å². The zero-order valence-corrected chi connectivity index (χ0v) is 23.9. The third kappa shape index (κ3) is 4.11. The van der Waals surface area contributed by atoms with Crippen molar-refractivity contribution in [2.45, 2.75) is 42.3 Å². The fraction of sp³-hybridized carbons (Fsp3) is 0.406. The van der Waals surface area contributed by atoms with Gasteiger partial charge < -0.3 is 19.8 Å². The van der Waals surface area contributed by atoms with Gasteiger partial charge in [0, 0.05) is 31.1 Å². The molecule has 40 heavy (non-hydrogen) atoms. The third-order valence-corrected chi connectivity index (χ3v) is 10.6. The van der Waals surface area contributed by atoms with Crippen LogP contribution in [0, 0.1) is 25.7 Å². The van der Waals surface area contributed by atoms with Crippen LogP contribution in [0.5, 0.6) is 0 Å².